The van der Waals surface area contributed by atoms with E-state index in [1.807, 2.05) is 0 Å². The molecule has 2 heterocycles. The van der Waals surface area contributed by atoms with Gasteiger partial charge in [0.1, 0.15) is 5.82 Å². The maximum absolute atomic E-state index is 13.7. The number of amides is 2. The molecule has 1 aromatic rings. The van der Waals surface area contributed by atoms with Crippen molar-refractivity contribution in [2.24, 2.45) is 5.41 Å². The first-order valence-corrected chi connectivity index (χ1v) is 7.92. The first-order chi connectivity index (χ1) is 9.52. The number of nitrogens with zero attached hydrogens (tertiary/aromatic N) is 1. The maximum atomic E-state index is 13.7. The predicted octanol–water partition coefficient (Wildman–Crippen LogP) is 2.86. The van der Waals surface area contributed by atoms with Crippen LogP contribution in [0.2, 0.25) is 5.02 Å². The molecule has 2 amide bonds. The van der Waals surface area contributed by atoms with Crippen LogP contribution in [-0.2, 0) is 16.1 Å². The minimum Gasteiger partial charge on any atom is -0.277 e. The zero-order chi connectivity index (χ0) is 14.3. The monoisotopic (exact) mass is 313 g/mol. The second-order valence-corrected chi connectivity index (χ2v) is 6.82. The van der Waals surface area contributed by atoms with Crippen LogP contribution in [0.1, 0.15) is 18.4 Å². The van der Waals surface area contributed by atoms with Crippen LogP contribution in [-0.4, -0.2) is 28.2 Å². The molecule has 0 radical (unpaired) electrons. The molecule has 1 aromatic carbocycles. The Kier molecular flexibility index (Phi) is 3.50. The number of imide groups is 1. The molecular weight excluding hydrogens is 301 g/mol. The van der Waals surface area contributed by atoms with Crippen LogP contribution in [0.25, 0.3) is 0 Å². The average Bonchev–Trinajstić information content (AvgIpc) is 2.96. The number of benzene rings is 1. The van der Waals surface area contributed by atoms with E-state index < -0.39 is 11.2 Å². The third-order valence-corrected chi connectivity index (χ3v) is 5.41. The van der Waals surface area contributed by atoms with Crippen molar-refractivity contribution in [3.05, 3.63) is 34.6 Å². The first-order valence-electron chi connectivity index (χ1n) is 6.38. The molecule has 106 valence electrons. The van der Waals surface area contributed by atoms with E-state index in [1.165, 1.54) is 23.1 Å². The Labute approximate surface area is 125 Å². The van der Waals surface area contributed by atoms with E-state index in [1.54, 1.807) is 11.8 Å². The summed E-state index contributed by atoms with van der Waals surface area (Å²) in [6.45, 7) is -0.0313. The van der Waals surface area contributed by atoms with Gasteiger partial charge in [0, 0.05) is 22.8 Å². The molecule has 0 aromatic heterocycles. The van der Waals surface area contributed by atoms with Crippen LogP contribution in [0.4, 0.5) is 4.39 Å². The topological polar surface area (TPSA) is 37.4 Å². The number of thioether (sulfide) groups is 1. The highest BCUT2D eigenvalue weighted by atomic mass is 35.5. The van der Waals surface area contributed by atoms with Crippen LogP contribution in [0, 0.1) is 11.2 Å². The van der Waals surface area contributed by atoms with Crippen LogP contribution >= 0.6 is 23.4 Å². The van der Waals surface area contributed by atoms with Gasteiger partial charge in [-0.1, -0.05) is 11.6 Å². The van der Waals surface area contributed by atoms with Crippen LogP contribution in [0.5, 0.6) is 0 Å². The smallest absolute Gasteiger partial charge is 0.237 e. The van der Waals surface area contributed by atoms with Gasteiger partial charge in [0.2, 0.25) is 11.8 Å². The Morgan fingerprint density at radius 1 is 1.40 bits per heavy atom. The Morgan fingerprint density at radius 2 is 2.20 bits per heavy atom. The van der Waals surface area contributed by atoms with Crippen LogP contribution < -0.4 is 0 Å². The zero-order valence-electron chi connectivity index (χ0n) is 10.7. The van der Waals surface area contributed by atoms with Gasteiger partial charge in [-0.05, 0) is 30.4 Å². The molecule has 0 saturated carbocycles. The normalized spacial score (nSPS) is 26.0. The minimum absolute atomic E-state index is 0.0313. The van der Waals surface area contributed by atoms with Gasteiger partial charge in [-0.2, -0.15) is 11.8 Å². The number of halogens is 2. The molecule has 2 fully saturated rings. The lowest BCUT2D eigenvalue weighted by molar-refractivity contribution is -0.141. The maximum Gasteiger partial charge on any atom is 0.237 e. The number of hydrogen-bond donors (Lipinski definition) is 0. The van der Waals surface area contributed by atoms with Gasteiger partial charge in [-0.25, -0.2) is 4.39 Å². The highest BCUT2D eigenvalue weighted by Crippen LogP contribution is 2.45. The van der Waals surface area contributed by atoms with Crippen molar-refractivity contribution in [1.82, 2.24) is 4.90 Å². The van der Waals surface area contributed by atoms with Crippen molar-refractivity contribution >= 4 is 35.2 Å². The molecule has 2 aliphatic heterocycles. The fourth-order valence-corrected chi connectivity index (χ4v) is 4.40. The summed E-state index contributed by atoms with van der Waals surface area (Å²) in [5.41, 5.74) is -0.265. The highest BCUT2D eigenvalue weighted by Gasteiger charge is 2.52. The molecule has 0 bridgehead atoms. The van der Waals surface area contributed by atoms with Gasteiger partial charge >= 0.3 is 0 Å². The van der Waals surface area contributed by atoms with Gasteiger partial charge < -0.3 is 0 Å². The second kappa shape index (κ2) is 5.04. The molecule has 20 heavy (non-hydrogen) atoms. The lowest BCUT2D eigenvalue weighted by Gasteiger charge is -2.20. The van der Waals surface area contributed by atoms with Crippen LogP contribution in [0.3, 0.4) is 0 Å². The summed E-state index contributed by atoms with van der Waals surface area (Å²) in [7, 11) is 0. The zero-order valence-corrected chi connectivity index (χ0v) is 12.3. The summed E-state index contributed by atoms with van der Waals surface area (Å²) in [4.78, 5) is 25.7. The van der Waals surface area contributed by atoms with E-state index in [2.05, 4.69) is 0 Å². The molecular formula is C14H13ClFNO2S. The Balaban J connectivity index is 1.86. The Bertz CT molecular complexity index is 587. The molecule has 2 aliphatic rings. The number of hydrogen-bond acceptors (Lipinski definition) is 3. The average molecular weight is 314 g/mol. The number of likely N-dealkylation sites (tertiary alicyclic amines) is 1. The largest absolute Gasteiger partial charge is 0.277 e. The predicted molar refractivity (Wildman–Crippen MR) is 76.0 cm³/mol. The van der Waals surface area contributed by atoms with Gasteiger partial charge in [-0.15, -0.1) is 0 Å². The van der Waals surface area contributed by atoms with Gasteiger partial charge in [0.15, 0.2) is 0 Å². The van der Waals surface area contributed by atoms with Crippen molar-refractivity contribution in [2.45, 2.75) is 19.4 Å². The van der Waals surface area contributed by atoms with E-state index in [4.69, 9.17) is 11.6 Å². The van der Waals surface area contributed by atoms with E-state index in [-0.39, 0.29) is 30.3 Å². The van der Waals surface area contributed by atoms with E-state index in [9.17, 15) is 14.0 Å². The number of rotatable bonds is 2. The number of carbonyl (C=O) groups excluding carboxylic acids is 2. The summed E-state index contributed by atoms with van der Waals surface area (Å²) >= 11 is 7.53. The fourth-order valence-electron chi connectivity index (χ4n) is 2.77. The summed E-state index contributed by atoms with van der Waals surface area (Å²) in [5, 5.41) is 0.395. The van der Waals surface area contributed by atoms with Crippen molar-refractivity contribution in [3.63, 3.8) is 0 Å². The molecule has 0 N–H and O–H groups in total. The van der Waals surface area contributed by atoms with E-state index >= 15 is 0 Å². The Morgan fingerprint density at radius 3 is 2.90 bits per heavy atom. The van der Waals surface area contributed by atoms with Crippen molar-refractivity contribution in [3.8, 4) is 0 Å². The summed E-state index contributed by atoms with van der Waals surface area (Å²) < 4.78 is 13.7. The number of carbonyl (C=O) groups is 2. The molecule has 2 saturated heterocycles. The van der Waals surface area contributed by atoms with Gasteiger partial charge in [0.25, 0.3) is 0 Å². The third kappa shape index (κ3) is 2.23. The van der Waals surface area contributed by atoms with Crippen molar-refractivity contribution in [1.29, 1.82) is 0 Å². The van der Waals surface area contributed by atoms with E-state index in [0.717, 1.165) is 12.2 Å². The standard InChI is InChI=1S/C14H13ClFNO2S/c15-10-1-2-11(16)9(5-10)7-17-12(18)6-14(13(17)19)3-4-20-8-14/h1-2,5H,3-4,6-8H2/t14-/m0/s1. The highest BCUT2D eigenvalue weighted by molar-refractivity contribution is 7.99. The lowest BCUT2D eigenvalue weighted by Crippen LogP contribution is -2.35. The SMILES string of the molecule is O=C1C[C@]2(CCSC2)C(=O)N1Cc1cc(Cl)ccc1F. The van der Waals surface area contributed by atoms with Crippen molar-refractivity contribution < 1.29 is 14.0 Å². The van der Waals surface area contributed by atoms with Crippen LogP contribution in [0.15, 0.2) is 18.2 Å². The lowest BCUT2D eigenvalue weighted by atomic mass is 9.86. The fraction of sp³-hybridized carbons (Fsp3) is 0.429. The van der Waals surface area contributed by atoms with Crippen molar-refractivity contribution in [2.75, 3.05) is 11.5 Å². The summed E-state index contributed by atoms with van der Waals surface area (Å²) in [6, 6.07) is 4.17. The molecule has 0 aliphatic carbocycles. The summed E-state index contributed by atoms with van der Waals surface area (Å²) in [5.74, 6) is 0.769. The van der Waals surface area contributed by atoms with E-state index in [0.29, 0.717) is 10.8 Å². The minimum atomic E-state index is -0.545. The van der Waals surface area contributed by atoms with Gasteiger partial charge in [-0.3, -0.25) is 14.5 Å². The third-order valence-electron chi connectivity index (χ3n) is 3.93. The quantitative estimate of drug-likeness (QED) is 0.788. The molecule has 6 heteroatoms. The first kappa shape index (κ1) is 13.9. The molecule has 3 nitrogen and oxygen atoms in total. The molecule has 1 atom stereocenters. The molecule has 3 rings (SSSR count). The molecule has 0 unspecified atom stereocenters. The Hall–Kier alpha value is -1.07. The van der Waals surface area contributed by atoms with Gasteiger partial charge in [0.05, 0.1) is 12.0 Å². The summed E-state index contributed by atoms with van der Waals surface area (Å²) in [6.07, 6.45) is 0.984. The molecule has 1 spiro atoms. The second-order valence-electron chi connectivity index (χ2n) is 5.28.